The largest absolute Gasteiger partial charge is 0.490 e. The van der Waals surface area contributed by atoms with Gasteiger partial charge in [-0.15, -0.1) is 0 Å². The number of rotatable bonds is 7. The minimum Gasteiger partial charge on any atom is -0.490 e. The molecule has 2 rings (SSSR count). The average Bonchev–Trinajstić information content (AvgIpc) is 2.72. The van der Waals surface area contributed by atoms with Crippen LogP contribution in [-0.2, 0) is 9.53 Å². The highest BCUT2D eigenvalue weighted by Crippen LogP contribution is 2.25. The Labute approximate surface area is 188 Å². The van der Waals surface area contributed by atoms with Crippen LogP contribution in [0.3, 0.4) is 0 Å². The van der Waals surface area contributed by atoms with E-state index in [1.165, 1.54) is 24.4 Å². The summed E-state index contributed by atoms with van der Waals surface area (Å²) in [6.07, 6.45) is 3.25. The summed E-state index contributed by atoms with van der Waals surface area (Å²) in [5.41, 5.74) is 5.33. The quantitative estimate of drug-likeness (QED) is 0.627. The fourth-order valence-corrected chi connectivity index (χ4v) is 3.07. The van der Waals surface area contributed by atoms with Gasteiger partial charge in [0.1, 0.15) is 23.2 Å². The molecule has 0 radical (unpaired) electrons. The van der Waals surface area contributed by atoms with Crippen LogP contribution in [0.15, 0.2) is 48.6 Å². The fraction of sp³-hybridized carbons (Fsp3) is 0.391. The first-order valence-corrected chi connectivity index (χ1v) is 10.2. The van der Waals surface area contributed by atoms with Crippen LogP contribution in [0.25, 0.3) is 0 Å². The van der Waals surface area contributed by atoms with E-state index in [2.05, 4.69) is 23.5 Å². The molecule has 32 heavy (non-hydrogen) atoms. The zero-order valence-electron chi connectivity index (χ0n) is 18.7. The van der Waals surface area contributed by atoms with E-state index >= 15 is 0 Å². The van der Waals surface area contributed by atoms with Crippen molar-refractivity contribution in [2.24, 2.45) is 10.7 Å². The highest BCUT2D eigenvalue weighted by atomic mass is 16.6. The van der Waals surface area contributed by atoms with Gasteiger partial charge in [-0.3, -0.25) is 14.6 Å². The van der Waals surface area contributed by atoms with Crippen molar-refractivity contribution in [3.05, 3.63) is 49.2 Å². The maximum absolute atomic E-state index is 12.3. The van der Waals surface area contributed by atoms with Gasteiger partial charge in [-0.25, -0.2) is 4.79 Å². The second-order valence-electron chi connectivity index (χ2n) is 8.21. The van der Waals surface area contributed by atoms with E-state index in [1.807, 2.05) is 20.8 Å². The Morgan fingerprint density at radius 3 is 2.41 bits per heavy atom. The average molecular weight is 443 g/mol. The lowest BCUT2D eigenvalue weighted by atomic mass is 10.1. The Balaban J connectivity index is 2.04. The number of primary amides is 1. The number of carbonyl (C=O) groups excluding carboxylic acids is 3. The van der Waals surface area contributed by atoms with Gasteiger partial charge < -0.3 is 25.4 Å². The Bertz CT molecular complexity index is 925. The van der Waals surface area contributed by atoms with Crippen LogP contribution in [0.1, 0.15) is 44.0 Å². The van der Waals surface area contributed by atoms with Crippen LogP contribution in [-0.4, -0.2) is 53.3 Å². The summed E-state index contributed by atoms with van der Waals surface area (Å²) in [6, 6.07) is 4.66. The standard InChI is InChI=1S/C23H30N4O5/c1-6-18(25-7-2)21(29)26-19-9-8-16(14-17(19)20(24)28)31-15-10-12-27(13-11-15)22(30)32-23(3,4)5/h6-9,14-15H,1-2,10-13H2,3-5H3,(H2,24,28)(H,26,29). The second kappa shape index (κ2) is 10.6. The van der Waals surface area contributed by atoms with Crippen molar-refractivity contribution in [1.29, 1.82) is 0 Å². The number of ether oxygens (including phenoxy) is 2. The normalized spacial score (nSPS) is 15.0. The van der Waals surface area contributed by atoms with Crippen molar-refractivity contribution in [2.45, 2.75) is 45.3 Å². The van der Waals surface area contributed by atoms with Crippen LogP contribution < -0.4 is 15.8 Å². The van der Waals surface area contributed by atoms with E-state index in [-0.39, 0.29) is 29.2 Å². The lowest BCUT2D eigenvalue weighted by Crippen LogP contribution is -2.44. The number of piperidine rings is 1. The van der Waals surface area contributed by atoms with Crippen molar-refractivity contribution in [1.82, 2.24) is 4.90 Å². The van der Waals surface area contributed by atoms with Gasteiger partial charge in [0, 0.05) is 32.1 Å². The molecule has 1 saturated heterocycles. The number of nitrogens with two attached hydrogens (primary N) is 1. The molecule has 9 heteroatoms. The molecule has 9 nitrogen and oxygen atoms in total. The van der Waals surface area contributed by atoms with E-state index < -0.39 is 17.4 Å². The lowest BCUT2D eigenvalue weighted by molar-refractivity contribution is -0.110. The van der Waals surface area contributed by atoms with Crippen LogP contribution in [0.4, 0.5) is 10.5 Å². The van der Waals surface area contributed by atoms with E-state index in [0.29, 0.717) is 31.7 Å². The zero-order chi connectivity index (χ0) is 23.9. The monoisotopic (exact) mass is 442 g/mol. The van der Waals surface area contributed by atoms with Gasteiger partial charge in [0.05, 0.1) is 11.3 Å². The molecular formula is C23H30N4O5. The summed E-state index contributed by atoms with van der Waals surface area (Å²) < 4.78 is 11.4. The van der Waals surface area contributed by atoms with E-state index in [4.69, 9.17) is 15.2 Å². The van der Waals surface area contributed by atoms with Crippen molar-refractivity contribution < 1.29 is 23.9 Å². The van der Waals surface area contributed by atoms with Gasteiger partial charge in [0.2, 0.25) is 0 Å². The number of carbonyl (C=O) groups is 3. The Morgan fingerprint density at radius 1 is 1.22 bits per heavy atom. The molecule has 0 bridgehead atoms. The summed E-state index contributed by atoms with van der Waals surface area (Å²) in [4.78, 5) is 41.9. The van der Waals surface area contributed by atoms with E-state index in [9.17, 15) is 14.4 Å². The lowest BCUT2D eigenvalue weighted by Gasteiger charge is -2.33. The summed E-state index contributed by atoms with van der Waals surface area (Å²) >= 11 is 0. The molecule has 0 spiro atoms. The van der Waals surface area contributed by atoms with Crippen molar-refractivity contribution >= 4 is 29.3 Å². The third kappa shape index (κ3) is 6.97. The van der Waals surface area contributed by atoms with E-state index in [0.717, 1.165) is 0 Å². The van der Waals surface area contributed by atoms with Gasteiger partial charge >= 0.3 is 6.09 Å². The Hall–Kier alpha value is -3.62. The summed E-state index contributed by atoms with van der Waals surface area (Å²) in [7, 11) is 0. The Morgan fingerprint density at radius 2 is 1.88 bits per heavy atom. The second-order valence-corrected chi connectivity index (χ2v) is 8.21. The molecule has 0 aliphatic carbocycles. The Kier molecular flexibility index (Phi) is 8.17. The van der Waals surface area contributed by atoms with Crippen molar-refractivity contribution in [2.75, 3.05) is 18.4 Å². The molecule has 1 fully saturated rings. The van der Waals surface area contributed by atoms with Crippen LogP contribution in [0, 0.1) is 0 Å². The first kappa shape index (κ1) is 24.6. The number of benzene rings is 1. The van der Waals surface area contributed by atoms with Crippen molar-refractivity contribution in [3.8, 4) is 5.75 Å². The van der Waals surface area contributed by atoms with Crippen LogP contribution >= 0.6 is 0 Å². The number of aliphatic imine (C=N–C) groups is 1. The molecule has 1 aromatic carbocycles. The fourth-order valence-electron chi connectivity index (χ4n) is 3.07. The molecule has 1 aliphatic heterocycles. The zero-order valence-corrected chi connectivity index (χ0v) is 18.7. The smallest absolute Gasteiger partial charge is 0.410 e. The molecule has 172 valence electrons. The number of amides is 3. The minimum absolute atomic E-state index is 0.0486. The molecule has 0 aromatic heterocycles. The van der Waals surface area contributed by atoms with Gasteiger partial charge in [-0.1, -0.05) is 13.2 Å². The number of anilines is 1. The molecular weight excluding hydrogens is 412 g/mol. The number of hydrogen-bond donors (Lipinski definition) is 2. The molecule has 0 atom stereocenters. The predicted molar refractivity (Wildman–Crippen MR) is 123 cm³/mol. The van der Waals surface area contributed by atoms with Gasteiger partial charge in [0.25, 0.3) is 11.8 Å². The first-order chi connectivity index (χ1) is 15.0. The first-order valence-electron chi connectivity index (χ1n) is 10.2. The van der Waals surface area contributed by atoms with E-state index in [1.54, 1.807) is 11.0 Å². The highest BCUT2D eigenvalue weighted by Gasteiger charge is 2.28. The third-order valence-electron chi connectivity index (χ3n) is 4.56. The summed E-state index contributed by atoms with van der Waals surface area (Å²) in [5, 5.41) is 2.59. The third-order valence-corrected chi connectivity index (χ3v) is 4.56. The molecule has 0 unspecified atom stereocenters. The maximum atomic E-state index is 12.3. The van der Waals surface area contributed by atoms with Crippen molar-refractivity contribution in [3.63, 3.8) is 0 Å². The van der Waals surface area contributed by atoms with Gasteiger partial charge in [0.15, 0.2) is 0 Å². The number of nitrogens with zero attached hydrogens (tertiary/aromatic N) is 2. The maximum Gasteiger partial charge on any atom is 0.410 e. The molecule has 3 N–H and O–H groups in total. The van der Waals surface area contributed by atoms with Crippen LogP contribution in [0.2, 0.25) is 0 Å². The predicted octanol–water partition coefficient (Wildman–Crippen LogP) is 3.27. The van der Waals surface area contributed by atoms with Gasteiger partial charge in [-0.2, -0.15) is 0 Å². The van der Waals surface area contributed by atoms with Crippen LogP contribution in [0.5, 0.6) is 5.75 Å². The SMILES string of the molecule is C=CN=C(C=C)C(=O)Nc1ccc(OC2CCN(C(=O)OC(C)(C)C)CC2)cc1C(N)=O. The van der Waals surface area contributed by atoms with Gasteiger partial charge in [-0.05, 0) is 45.0 Å². The minimum atomic E-state index is -0.716. The number of nitrogens with one attached hydrogen (secondary N) is 1. The molecule has 0 saturated carbocycles. The summed E-state index contributed by atoms with van der Waals surface area (Å²) in [5.74, 6) is -0.826. The molecule has 1 aliphatic rings. The molecule has 1 heterocycles. The molecule has 3 amide bonds. The summed E-state index contributed by atoms with van der Waals surface area (Å²) in [6.45, 7) is 13.5. The molecule has 1 aromatic rings. The highest BCUT2D eigenvalue weighted by molar-refractivity contribution is 6.47. The number of hydrogen-bond acceptors (Lipinski definition) is 6. The topological polar surface area (TPSA) is 123 Å². The number of likely N-dealkylation sites (tertiary alicyclic amines) is 1.